The second-order valence-electron chi connectivity index (χ2n) is 11.0. The summed E-state index contributed by atoms with van der Waals surface area (Å²) in [4.78, 5) is 27.6. The van der Waals surface area contributed by atoms with E-state index in [0.717, 1.165) is 24.2 Å². The molecule has 5 nitrogen and oxygen atoms in total. The molecule has 0 bridgehead atoms. The molecule has 1 aromatic heterocycles. The number of nitrogens with one attached hydrogen (secondary N) is 1. The SMILES string of the molecule is Cn1c(=O)sc2cc(CN(Cc3cc(C(F)(F)F)cc(C(F)(F)F)c3)C(=O)C3(CC4CC4)CCNCC3)ccc21. The predicted octanol–water partition coefficient (Wildman–Crippen LogP) is 6.34. The van der Waals surface area contributed by atoms with Crippen molar-refractivity contribution in [2.24, 2.45) is 18.4 Å². The summed E-state index contributed by atoms with van der Waals surface area (Å²) in [6.07, 6.45) is -6.20. The Morgan fingerprint density at radius 2 is 1.57 bits per heavy atom. The van der Waals surface area contributed by atoms with Gasteiger partial charge in [0.05, 0.1) is 26.8 Å². The van der Waals surface area contributed by atoms with Crippen molar-refractivity contribution in [3.8, 4) is 0 Å². The maximum absolute atomic E-state index is 14.3. The number of hydrogen-bond acceptors (Lipinski definition) is 4. The lowest BCUT2D eigenvalue weighted by molar-refractivity contribution is -0.146. The molecule has 12 heteroatoms. The number of carbonyl (C=O) groups is 1. The molecule has 3 aromatic rings. The van der Waals surface area contributed by atoms with Crippen LogP contribution in [0.15, 0.2) is 41.2 Å². The van der Waals surface area contributed by atoms with E-state index in [0.29, 0.717) is 66.2 Å². The van der Waals surface area contributed by atoms with Gasteiger partial charge in [0.15, 0.2) is 0 Å². The van der Waals surface area contributed by atoms with Crippen LogP contribution in [0.2, 0.25) is 0 Å². The largest absolute Gasteiger partial charge is 0.416 e. The molecule has 2 heterocycles. The van der Waals surface area contributed by atoms with E-state index < -0.39 is 35.4 Å². The van der Waals surface area contributed by atoms with E-state index in [1.165, 1.54) is 9.47 Å². The molecule has 0 atom stereocenters. The van der Waals surface area contributed by atoms with Gasteiger partial charge in [-0.1, -0.05) is 30.2 Å². The number of benzene rings is 2. The topological polar surface area (TPSA) is 54.3 Å². The fourth-order valence-electron chi connectivity index (χ4n) is 5.65. The Balaban J connectivity index is 1.55. The summed E-state index contributed by atoms with van der Waals surface area (Å²) >= 11 is 1.03. The maximum atomic E-state index is 14.3. The van der Waals surface area contributed by atoms with E-state index in [1.807, 2.05) is 0 Å². The first-order valence-corrected chi connectivity index (χ1v) is 13.9. The molecule has 1 amide bonds. The molecule has 40 heavy (non-hydrogen) atoms. The van der Waals surface area contributed by atoms with Crippen LogP contribution in [0, 0.1) is 11.3 Å². The molecule has 2 aromatic carbocycles. The van der Waals surface area contributed by atoms with E-state index >= 15 is 0 Å². The number of hydrogen-bond donors (Lipinski definition) is 1. The van der Waals surface area contributed by atoms with Crippen LogP contribution in [0.5, 0.6) is 0 Å². The highest BCUT2D eigenvalue weighted by Crippen LogP contribution is 2.46. The molecule has 2 fully saturated rings. The Morgan fingerprint density at radius 1 is 0.975 bits per heavy atom. The van der Waals surface area contributed by atoms with Crippen molar-refractivity contribution in [3.63, 3.8) is 0 Å². The molecule has 0 unspecified atom stereocenters. The number of alkyl halides is 6. The molecular formula is C28H29F6N3O2S. The number of carbonyl (C=O) groups excluding carboxylic acids is 1. The normalized spacial score (nSPS) is 17.8. The lowest BCUT2D eigenvalue weighted by Gasteiger charge is -2.40. The van der Waals surface area contributed by atoms with E-state index in [4.69, 9.17) is 0 Å². The van der Waals surface area contributed by atoms with Gasteiger partial charge in [-0.15, -0.1) is 0 Å². The first-order chi connectivity index (χ1) is 18.7. The summed E-state index contributed by atoms with van der Waals surface area (Å²) in [7, 11) is 1.64. The first-order valence-electron chi connectivity index (χ1n) is 13.1. The fourth-order valence-corrected chi connectivity index (χ4v) is 6.59. The summed E-state index contributed by atoms with van der Waals surface area (Å²) in [5.41, 5.74) is -2.45. The number of amides is 1. The van der Waals surface area contributed by atoms with Gasteiger partial charge < -0.3 is 14.8 Å². The summed E-state index contributed by atoms with van der Waals surface area (Å²) in [5, 5.41) is 3.25. The van der Waals surface area contributed by atoms with Gasteiger partial charge in [0, 0.05) is 20.1 Å². The van der Waals surface area contributed by atoms with Crippen molar-refractivity contribution >= 4 is 27.5 Å². The van der Waals surface area contributed by atoms with Gasteiger partial charge in [-0.2, -0.15) is 26.3 Å². The van der Waals surface area contributed by atoms with E-state index in [2.05, 4.69) is 5.32 Å². The maximum Gasteiger partial charge on any atom is 0.416 e. The average Bonchev–Trinajstić information content (AvgIpc) is 3.65. The molecule has 216 valence electrons. The highest BCUT2D eigenvalue weighted by molar-refractivity contribution is 7.16. The van der Waals surface area contributed by atoms with Crippen LogP contribution in [0.25, 0.3) is 10.2 Å². The van der Waals surface area contributed by atoms with Crippen LogP contribution in [-0.2, 0) is 37.3 Å². The lowest BCUT2D eigenvalue weighted by Crippen LogP contribution is -2.49. The standard InChI is InChI=1S/C28H29F6N3O2S/c1-36-22-5-4-18(12-23(22)40-25(36)39)15-37(24(38)26(14-17-2-3-17)6-8-35-9-7-26)16-19-10-20(27(29,30)31)13-21(11-19)28(32,33)34/h4-5,10-13,17,35H,2-3,6-9,14-16H2,1H3. The summed E-state index contributed by atoms with van der Waals surface area (Å²) in [6.45, 7) is 0.798. The van der Waals surface area contributed by atoms with Crippen LogP contribution in [0.3, 0.4) is 0 Å². The van der Waals surface area contributed by atoms with Crippen molar-refractivity contribution in [2.45, 2.75) is 57.5 Å². The van der Waals surface area contributed by atoms with Crippen LogP contribution in [0.4, 0.5) is 26.3 Å². The van der Waals surface area contributed by atoms with Crippen molar-refractivity contribution in [3.05, 3.63) is 68.3 Å². The molecule has 0 radical (unpaired) electrons. The summed E-state index contributed by atoms with van der Waals surface area (Å²) in [5.74, 6) is 0.139. The predicted molar refractivity (Wildman–Crippen MR) is 140 cm³/mol. The summed E-state index contributed by atoms with van der Waals surface area (Å²) in [6, 6.07) is 6.71. The number of rotatable bonds is 7. The number of piperidine rings is 1. The Labute approximate surface area is 230 Å². The lowest BCUT2D eigenvalue weighted by atomic mass is 9.73. The molecule has 5 rings (SSSR count). The zero-order valence-electron chi connectivity index (χ0n) is 21.8. The number of fused-ring (bicyclic) bond motifs is 1. The molecule has 1 N–H and O–H groups in total. The van der Waals surface area contributed by atoms with Crippen LogP contribution >= 0.6 is 11.3 Å². The quantitative estimate of drug-likeness (QED) is 0.330. The third-order valence-electron chi connectivity index (χ3n) is 7.93. The molecule has 0 spiro atoms. The van der Waals surface area contributed by atoms with Crippen molar-refractivity contribution in [2.75, 3.05) is 13.1 Å². The number of halogens is 6. The zero-order chi connectivity index (χ0) is 28.9. The van der Waals surface area contributed by atoms with E-state index in [1.54, 1.807) is 25.2 Å². The number of nitrogens with zero attached hydrogens (tertiary/aromatic N) is 2. The minimum atomic E-state index is -4.98. The molecule has 2 aliphatic rings. The Hall–Kier alpha value is -2.86. The second kappa shape index (κ2) is 10.5. The third-order valence-corrected chi connectivity index (χ3v) is 8.92. The molecular weight excluding hydrogens is 556 g/mol. The van der Waals surface area contributed by atoms with E-state index in [-0.39, 0.29) is 29.0 Å². The third kappa shape index (κ3) is 6.07. The second-order valence-corrected chi connectivity index (χ2v) is 12.0. The van der Waals surface area contributed by atoms with Crippen LogP contribution < -0.4 is 10.2 Å². The summed E-state index contributed by atoms with van der Waals surface area (Å²) < 4.78 is 83.7. The fraction of sp³-hybridized carbons (Fsp3) is 0.500. The van der Waals surface area contributed by atoms with Crippen molar-refractivity contribution in [1.29, 1.82) is 0 Å². The monoisotopic (exact) mass is 585 g/mol. The van der Waals surface area contributed by atoms with Gasteiger partial charge in [-0.3, -0.25) is 9.59 Å². The van der Waals surface area contributed by atoms with Gasteiger partial charge in [0.2, 0.25) is 5.91 Å². The van der Waals surface area contributed by atoms with Crippen LogP contribution in [0.1, 0.15) is 54.4 Å². The Morgan fingerprint density at radius 3 is 2.15 bits per heavy atom. The van der Waals surface area contributed by atoms with Gasteiger partial charge in [0.1, 0.15) is 0 Å². The minimum absolute atomic E-state index is 0.0119. The van der Waals surface area contributed by atoms with Crippen molar-refractivity contribution < 1.29 is 31.1 Å². The highest BCUT2D eigenvalue weighted by Gasteiger charge is 2.46. The Bertz CT molecular complexity index is 1430. The van der Waals surface area contributed by atoms with Crippen molar-refractivity contribution in [1.82, 2.24) is 14.8 Å². The molecule has 1 saturated heterocycles. The number of aromatic nitrogens is 1. The van der Waals surface area contributed by atoms with Gasteiger partial charge in [0.25, 0.3) is 0 Å². The van der Waals surface area contributed by atoms with Crippen LogP contribution in [-0.4, -0.2) is 28.5 Å². The smallest absolute Gasteiger partial charge is 0.334 e. The molecule has 1 saturated carbocycles. The first kappa shape index (κ1) is 28.7. The van der Waals surface area contributed by atoms with Gasteiger partial charge in [-0.25, -0.2) is 0 Å². The van der Waals surface area contributed by atoms with Gasteiger partial charge in [-0.05, 0) is 79.7 Å². The van der Waals surface area contributed by atoms with Gasteiger partial charge >= 0.3 is 17.2 Å². The number of aryl methyl sites for hydroxylation is 1. The Kier molecular flexibility index (Phi) is 7.54. The molecule has 1 aliphatic heterocycles. The minimum Gasteiger partial charge on any atom is -0.334 e. The van der Waals surface area contributed by atoms with E-state index in [9.17, 15) is 35.9 Å². The zero-order valence-corrected chi connectivity index (χ0v) is 22.6. The highest BCUT2D eigenvalue weighted by atomic mass is 32.1. The average molecular weight is 586 g/mol. The number of thiazole rings is 1. The molecule has 1 aliphatic carbocycles.